The molecule has 4 nitrogen and oxygen atoms in total. The van der Waals surface area contributed by atoms with Gasteiger partial charge < -0.3 is 9.76 Å². The summed E-state index contributed by atoms with van der Waals surface area (Å²) in [6.45, 7) is 2.52. The summed E-state index contributed by atoms with van der Waals surface area (Å²) < 4.78 is 5.61. The first kappa shape index (κ1) is 13.3. The van der Waals surface area contributed by atoms with Gasteiger partial charge in [-0.2, -0.15) is 4.91 Å². The van der Waals surface area contributed by atoms with Gasteiger partial charge in [0.1, 0.15) is 12.4 Å². The average Bonchev–Trinajstić information content (AvgIpc) is 2.46. The van der Waals surface area contributed by atoms with E-state index in [1.807, 2.05) is 31.2 Å². The van der Waals surface area contributed by atoms with E-state index in [9.17, 15) is 9.93 Å². The Hall–Kier alpha value is -2.14. The summed E-state index contributed by atoms with van der Waals surface area (Å²) in [5.74, 6) is 0.683. The van der Waals surface area contributed by atoms with Gasteiger partial charge >= 0.3 is 7.05 Å². The number of nitroso groups, excluding NO2 is 1. The van der Waals surface area contributed by atoms with Gasteiger partial charge in [0.2, 0.25) is 0 Å². The van der Waals surface area contributed by atoms with Crippen LogP contribution in [0.15, 0.2) is 53.6 Å². The first-order chi connectivity index (χ1) is 9.19. The molecule has 5 heteroatoms. The molecule has 0 unspecified atom stereocenters. The van der Waals surface area contributed by atoms with Gasteiger partial charge in [-0.05, 0) is 30.1 Å². The molecular weight excluding hydrogens is 241 g/mol. The number of aryl methyl sites for hydroxylation is 1. The Bertz CT molecular complexity index is 540. The minimum Gasteiger partial charge on any atom is -0.489 e. The van der Waals surface area contributed by atoms with Crippen molar-refractivity contribution in [1.29, 1.82) is 0 Å². The number of hydrogen-bond donors (Lipinski definition) is 1. The molecule has 2 aromatic carbocycles. The minimum atomic E-state index is -1.31. The minimum absolute atomic E-state index is 0.456. The topological polar surface area (TPSA) is 58.9 Å². The lowest BCUT2D eigenvalue weighted by atomic mass is 9.76. The molecular formula is C14H14BNO3. The fourth-order valence-electron chi connectivity index (χ4n) is 1.65. The lowest BCUT2D eigenvalue weighted by molar-refractivity contribution is 0.306. The predicted octanol–water partition coefficient (Wildman–Crippen LogP) is 2.03. The average molecular weight is 255 g/mol. The number of nitrogens with zero attached hydrogens (tertiary/aromatic N) is 1. The summed E-state index contributed by atoms with van der Waals surface area (Å²) >= 11 is 0. The number of hydrogen-bond acceptors (Lipinski definition) is 4. The molecule has 0 aliphatic carbocycles. The van der Waals surface area contributed by atoms with Gasteiger partial charge in [0, 0.05) is 0 Å². The zero-order chi connectivity index (χ0) is 13.7. The standard InChI is InChI=1S/C14H14BNO3/c1-11-2-4-12(5-3-11)10-19-14-8-6-13(7-9-14)15(17)16-18/h2-9,17H,10H2,1H3. The van der Waals surface area contributed by atoms with Crippen molar-refractivity contribution in [3.05, 3.63) is 64.6 Å². The van der Waals surface area contributed by atoms with Crippen LogP contribution in [0.1, 0.15) is 11.1 Å². The first-order valence-electron chi connectivity index (χ1n) is 5.98. The van der Waals surface area contributed by atoms with Gasteiger partial charge in [-0.15, -0.1) is 0 Å². The van der Waals surface area contributed by atoms with Crippen LogP contribution in [0.3, 0.4) is 0 Å². The zero-order valence-electron chi connectivity index (χ0n) is 10.6. The molecule has 2 aromatic rings. The molecule has 0 aromatic heterocycles. The third kappa shape index (κ3) is 3.66. The highest BCUT2D eigenvalue weighted by atomic mass is 16.5. The molecule has 0 spiro atoms. The van der Waals surface area contributed by atoms with E-state index in [-0.39, 0.29) is 0 Å². The Balaban J connectivity index is 1.96. The number of rotatable bonds is 5. The Kier molecular flexibility index (Phi) is 4.31. The summed E-state index contributed by atoms with van der Waals surface area (Å²) in [5, 5.41) is 11.8. The monoisotopic (exact) mass is 255 g/mol. The fraction of sp³-hybridized carbons (Fsp3) is 0.143. The van der Waals surface area contributed by atoms with Crippen LogP contribution >= 0.6 is 0 Å². The molecule has 0 saturated carbocycles. The molecule has 0 heterocycles. The van der Waals surface area contributed by atoms with Crippen LogP contribution in [-0.2, 0) is 6.61 Å². The Morgan fingerprint density at radius 2 is 1.74 bits per heavy atom. The summed E-state index contributed by atoms with van der Waals surface area (Å²) in [6, 6.07) is 14.8. The summed E-state index contributed by atoms with van der Waals surface area (Å²) in [4.78, 5) is 10.2. The van der Waals surface area contributed by atoms with Crippen molar-refractivity contribution in [2.45, 2.75) is 13.5 Å². The second kappa shape index (κ2) is 6.16. The highest BCUT2D eigenvalue weighted by Gasteiger charge is 2.14. The van der Waals surface area contributed by atoms with Gasteiger partial charge in [-0.25, -0.2) is 0 Å². The maximum absolute atomic E-state index is 10.2. The highest BCUT2D eigenvalue weighted by molar-refractivity contribution is 6.64. The number of ether oxygens (including phenoxy) is 1. The van der Waals surface area contributed by atoms with Crippen molar-refractivity contribution < 1.29 is 9.76 Å². The van der Waals surface area contributed by atoms with E-state index in [1.54, 1.807) is 24.3 Å². The number of benzene rings is 2. The van der Waals surface area contributed by atoms with Gasteiger partial charge in [0.05, 0.1) is 0 Å². The van der Waals surface area contributed by atoms with Crippen LogP contribution in [0.4, 0.5) is 0 Å². The quantitative estimate of drug-likeness (QED) is 0.656. The lowest BCUT2D eigenvalue weighted by Gasteiger charge is -2.07. The van der Waals surface area contributed by atoms with Gasteiger partial charge in [0.25, 0.3) is 0 Å². The second-order valence-electron chi connectivity index (χ2n) is 4.32. The summed E-state index contributed by atoms with van der Waals surface area (Å²) in [6.07, 6.45) is 0. The normalized spacial score (nSPS) is 10.0. The van der Waals surface area contributed by atoms with Crippen molar-refractivity contribution in [3.8, 4) is 5.75 Å². The molecule has 0 aliphatic rings. The van der Waals surface area contributed by atoms with E-state index < -0.39 is 7.05 Å². The molecule has 2 rings (SSSR count). The summed E-state index contributed by atoms with van der Waals surface area (Å²) in [7, 11) is -1.31. The van der Waals surface area contributed by atoms with Gasteiger partial charge in [-0.3, -0.25) is 0 Å². The SMILES string of the molecule is Cc1ccc(COc2ccc(B(O)N=O)cc2)cc1. The van der Waals surface area contributed by atoms with Crippen LogP contribution < -0.4 is 10.2 Å². The lowest BCUT2D eigenvalue weighted by Crippen LogP contribution is -2.27. The molecule has 19 heavy (non-hydrogen) atoms. The maximum atomic E-state index is 10.2. The van der Waals surface area contributed by atoms with E-state index in [0.29, 0.717) is 17.8 Å². The molecule has 0 aliphatic heterocycles. The van der Waals surface area contributed by atoms with Crippen molar-refractivity contribution in [2.24, 2.45) is 5.09 Å². The third-order valence-corrected chi connectivity index (χ3v) is 2.80. The molecule has 96 valence electrons. The predicted molar refractivity (Wildman–Crippen MR) is 75.4 cm³/mol. The maximum Gasteiger partial charge on any atom is 0.517 e. The van der Waals surface area contributed by atoms with Crippen LogP contribution in [0, 0.1) is 11.8 Å². The van der Waals surface area contributed by atoms with E-state index in [0.717, 1.165) is 5.56 Å². The first-order valence-corrected chi connectivity index (χ1v) is 5.98. The highest BCUT2D eigenvalue weighted by Crippen LogP contribution is 2.11. The van der Waals surface area contributed by atoms with E-state index in [4.69, 9.17) is 4.74 Å². The van der Waals surface area contributed by atoms with Crippen LogP contribution in [0.2, 0.25) is 0 Å². The smallest absolute Gasteiger partial charge is 0.489 e. The van der Waals surface area contributed by atoms with Crippen LogP contribution in [-0.4, -0.2) is 12.1 Å². The molecule has 0 bridgehead atoms. The van der Waals surface area contributed by atoms with Crippen molar-refractivity contribution >= 4 is 12.5 Å². The Labute approximate surface area is 112 Å². The van der Waals surface area contributed by atoms with Crippen LogP contribution in [0.25, 0.3) is 0 Å². The van der Waals surface area contributed by atoms with Gasteiger partial charge in [0.15, 0.2) is 0 Å². The molecule has 0 fully saturated rings. The fourth-order valence-corrected chi connectivity index (χ4v) is 1.65. The molecule has 0 radical (unpaired) electrons. The largest absolute Gasteiger partial charge is 0.517 e. The summed E-state index contributed by atoms with van der Waals surface area (Å²) in [5.41, 5.74) is 2.76. The van der Waals surface area contributed by atoms with Gasteiger partial charge in [-0.1, -0.05) is 47.0 Å². The molecule has 0 saturated heterocycles. The van der Waals surface area contributed by atoms with Crippen LogP contribution in [0.5, 0.6) is 5.75 Å². The van der Waals surface area contributed by atoms with Crippen molar-refractivity contribution in [2.75, 3.05) is 0 Å². The Morgan fingerprint density at radius 1 is 1.11 bits per heavy atom. The molecule has 1 N–H and O–H groups in total. The Morgan fingerprint density at radius 3 is 2.32 bits per heavy atom. The third-order valence-electron chi connectivity index (χ3n) is 2.80. The van der Waals surface area contributed by atoms with E-state index >= 15 is 0 Å². The molecule has 0 atom stereocenters. The zero-order valence-corrected chi connectivity index (χ0v) is 10.6. The van der Waals surface area contributed by atoms with Crippen molar-refractivity contribution in [3.63, 3.8) is 0 Å². The van der Waals surface area contributed by atoms with Crippen molar-refractivity contribution in [1.82, 2.24) is 0 Å². The van der Waals surface area contributed by atoms with E-state index in [2.05, 4.69) is 5.09 Å². The second-order valence-corrected chi connectivity index (χ2v) is 4.32. The molecule has 0 amide bonds. The van der Waals surface area contributed by atoms with E-state index in [1.165, 1.54) is 5.56 Å².